The fourth-order valence-electron chi connectivity index (χ4n) is 1.52. The first-order chi connectivity index (χ1) is 7.63. The Labute approximate surface area is 101 Å². The summed E-state index contributed by atoms with van der Waals surface area (Å²) in [4.78, 5) is 14.8. The maximum atomic E-state index is 11.8. The molecule has 4 heteroatoms. The van der Waals surface area contributed by atoms with E-state index in [9.17, 15) is 4.79 Å². The lowest BCUT2D eigenvalue weighted by molar-refractivity contribution is -0.130. The number of amides is 1. The predicted molar refractivity (Wildman–Crippen MR) is 68.5 cm³/mol. The van der Waals surface area contributed by atoms with E-state index in [1.165, 1.54) is 4.88 Å². The lowest BCUT2D eigenvalue weighted by Gasteiger charge is -2.20. The van der Waals surface area contributed by atoms with Gasteiger partial charge in [0.25, 0.3) is 0 Å². The van der Waals surface area contributed by atoms with Gasteiger partial charge in [0.15, 0.2) is 0 Å². The van der Waals surface area contributed by atoms with Crippen LogP contribution in [0.2, 0.25) is 0 Å². The van der Waals surface area contributed by atoms with Crippen molar-refractivity contribution in [2.45, 2.75) is 19.8 Å². The molecular weight excluding hydrogens is 220 g/mol. The summed E-state index contributed by atoms with van der Waals surface area (Å²) in [6.07, 6.45) is 1.44. The van der Waals surface area contributed by atoms with Gasteiger partial charge in [-0.2, -0.15) is 0 Å². The Kier molecular flexibility index (Phi) is 5.49. The SMILES string of the molecule is CC(CN)CN(C)C(=O)CCc1cccs1. The molecule has 1 rings (SSSR count). The summed E-state index contributed by atoms with van der Waals surface area (Å²) in [5.41, 5.74) is 5.54. The van der Waals surface area contributed by atoms with Crippen molar-refractivity contribution in [2.75, 3.05) is 20.1 Å². The fourth-order valence-corrected chi connectivity index (χ4v) is 2.23. The van der Waals surface area contributed by atoms with Gasteiger partial charge >= 0.3 is 0 Å². The zero-order valence-electron chi connectivity index (χ0n) is 9.98. The molecule has 0 aromatic carbocycles. The molecule has 0 spiro atoms. The summed E-state index contributed by atoms with van der Waals surface area (Å²) >= 11 is 1.70. The van der Waals surface area contributed by atoms with Gasteiger partial charge in [0, 0.05) is 24.9 Å². The zero-order chi connectivity index (χ0) is 12.0. The van der Waals surface area contributed by atoms with Crippen LogP contribution in [-0.2, 0) is 11.2 Å². The standard InChI is InChI=1S/C12H20N2OS/c1-10(8-13)9-14(2)12(15)6-5-11-4-3-7-16-11/h3-4,7,10H,5-6,8-9,13H2,1-2H3. The Balaban J connectivity index is 2.29. The van der Waals surface area contributed by atoms with Crippen LogP contribution in [0.4, 0.5) is 0 Å². The van der Waals surface area contributed by atoms with Crippen molar-refractivity contribution >= 4 is 17.2 Å². The van der Waals surface area contributed by atoms with Gasteiger partial charge in [0.1, 0.15) is 0 Å². The molecule has 1 aromatic rings. The quantitative estimate of drug-likeness (QED) is 0.823. The summed E-state index contributed by atoms with van der Waals surface area (Å²) in [5.74, 6) is 0.574. The second-order valence-electron chi connectivity index (χ2n) is 4.19. The van der Waals surface area contributed by atoms with Crippen LogP contribution in [0.1, 0.15) is 18.2 Å². The number of thiophene rings is 1. The smallest absolute Gasteiger partial charge is 0.222 e. The highest BCUT2D eigenvalue weighted by Gasteiger charge is 2.11. The first kappa shape index (κ1) is 13.2. The summed E-state index contributed by atoms with van der Waals surface area (Å²) in [7, 11) is 1.85. The van der Waals surface area contributed by atoms with Crippen molar-refractivity contribution in [2.24, 2.45) is 11.7 Å². The van der Waals surface area contributed by atoms with E-state index in [2.05, 4.69) is 13.0 Å². The van der Waals surface area contributed by atoms with Crippen LogP contribution in [0.3, 0.4) is 0 Å². The zero-order valence-corrected chi connectivity index (χ0v) is 10.8. The summed E-state index contributed by atoms with van der Waals surface area (Å²) in [6, 6.07) is 4.09. The third-order valence-electron chi connectivity index (χ3n) is 2.58. The van der Waals surface area contributed by atoms with Crippen LogP contribution in [-0.4, -0.2) is 30.9 Å². The molecule has 0 aliphatic carbocycles. The molecule has 0 fully saturated rings. The topological polar surface area (TPSA) is 46.3 Å². The minimum absolute atomic E-state index is 0.203. The summed E-state index contributed by atoms with van der Waals surface area (Å²) < 4.78 is 0. The molecule has 2 N–H and O–H groups in total. The van der Waals surface area contributed by atoms with Crippen LogP contribution < -0.4 is 5.73 Å². The monoisotopic (exact) mass is 240 g/mol. The number of hydrogen-bond acceptors (Lipinski definition) is 3. The maximum absolute atomic E-state index is 11.8. The van der Waals surface area contributed by atoms with Crippen molar-refractivity contribution in [3.8, 4) is 0 Å². The molecule has 1 amide bonds. The fraction of sp³-hybridized carbons (Fsp3) is 0.583. The number of carbonyl (C=O) groups excluding carboxylic acids is 1. The van der Waals surface area contributed by atoms with Gasteiger partial charge in [-0.25, -0.2) is 0 Å². The number of nitrogens with zero attached hydrogens (tertiary/aromatic N) is 1. The maximum Gasteiger partial charge on any atom is 0.222 e. The molecule has 1 atom stereocenters. The Morgan fingerprint density at radius 1 is 1.62 bits per heavy atom. The number of carbonyl (C=O) groups is 1. The third kappa shape index (κ3) is 4.33. The van der Waals surface area contributed by atoms with Gasteiger partial charge in [-0.1, -0.05) is 13.0 Å². The van der Waals surface area contributed by atoms with Crippen molar-refractivity contribution in [3.05, 3.63) is 22.4 Å². The largest absolute Gasteiger partial charge is 0.345 e. The van der Waals surface area contributed by atoms with Crippen LogP contribution in [0, 0.1) is 5.92 Å². The molecule has 0 aliphatic heterocycles. The van der Waals surface area contributed by atoms with Crippen LogP contribution in [0.25, 0.3) is 0 Å². The highest BCUT2D eigenvalue weighted by atomic mass is 32.1. The number of aryl methyl sites for hydroxylation is 1. The van der Waals surface area contributed by atoms with E-state index in [4.69, 9.17) is 5.73 Å². The summed E-state index contributed by atoms with van der Waals surface area (Å²) in [6.45, 7) is 3.44. The lowest BCUT2D eigenvalue weighted by atomic mass is 10.1. The van der Waals surface area contributed by atoms with Crippen molar-refractivity contribution < 1.29 is 4.79 Å². The van der Waals surface area contributed by atoms with Gasteiger partial charge < -0.3 is 10.6 Å². The molecule has 1 aromatic heterocycles. The van der Waals surface area contributed by atoms with E-state index in [1.54, 1.807) is 16.2 Å². The molecule has 0 saturated heterocycles. The molecular formula is C12H20N2OS. The molecule has 0 radical (unpaired) electrons. The first-order valence-corrected chi connectivity index (χ1v) is 6.48. The van der Waals surface area contributed by atoms with E-state index < -0.39 is 0 Å². The van der Waals surface area contributed by atoms with Gasteiger partial charge in [0.05, 0.1) is 0 Å². The van der Waals surface area contributed by atoms with E-state index in [1.807, 2.05) is 18.5 Å². The average Bonchev–Trinajstić information content (AvgIpc) is 2.78. The second kappa shape index (κ2) is 6.66. The molecule has 1 unspecified atom stereocenters. The Morgan fingerprint density at radius 3 is 2.94 bits per heavy atom. The molecule has 0 saturated carbocycles. The van der Waals surface area contributed by atoms with Gasteiger partial charge in [0.2, 0.25) is 5.91 Å². The van der Waals surface area contributed by atoms with E-state index in [0.717, 1.165) is 13.0 Å². The van der Waals surface area contributed by atoms with Gasteiger partial charge in [-0.3, -0.25) is 4.79 Å². The first-order valence-electron chi connectivity index (χ1n) is 5.60. The third-order valence-corrected chi connectivity index (χ3v) is 3.52. The Bertz CT molecular complexity index is 311. The number of rotatable bonds is 6. The molecule has 16 heavy (non-hydrogen) atoms. The average molecular weight is 240 g/mol. The van der Waals surface area contributed by atoms with E-state index in [0.29, 0.717) is 18.9 Å². The normalized spacial score (nSPS) is 12.4. The van der Waals surface area contributed by atoms with Crippen LogP contribution in [0.15, 0.2) is 17.5 Å². The van der Waals surface area contributed by atoms with Crippen LogP contribution >= 0.6 is 11.3 Å². The molecule has 0 bridgehead atoms. The Morgan fingerprint density at radius 2 is 2.38 bits per heavy atom. The lowest BCUT2D eigenvalue weighted by Crippen LogP contribution is -2.33. The molecule has 0 aliphatic rings. The second-order valence-corrected chi connectivity index (χ2v) is 5.23. The minimum Gasteiger partial charge on any atom is -0.345 e. The molecule has 1 heterocycles. The minimum atomic E-state index is 0.203. The van der Waals surface area contributed by atoms with Crippen molar-refractivity contribution in [3.63, 3.8) is 0 Å². The van der Waals surface area contributed by atoms with E-state index in [-0.39, 0.29) is 5.91 Å². The Hall–Kier alpha value is -0.870. The van der Waals surface area contributed by atoms with Gasteiger partial charge in [-0.15, -0.1) is 11.3 Å². The molecule has 90 valence electrons. The number of nitrogens with two attached hydrogens (primary N) is 1. The predicted octanol–water partition coefficient (Wildman–Crippen LogP) is 1.73. The van der Waals surface area contributed by atoms with E-state index >= 15 is 0 Å². The highest BCUT2D eigenvalue weighted by molar-refractivity contribution is 7.09. The van der Waals surface area contributed by atoms with Crippen molar-refractivity contribution in [1.82, 2.24) is 4.90 Å². The highest BCUT2D eigenvalue weighted by Crippen LogP contribution is 2.11. The summed E-state index contributed by atoms with van der Waals surface area (Å²) in [5, 5.41) is 2.04. The van der Waals surface area contributed by atoms with Gasteiger partial charge in [-0.05, 0) is 30.3 Å². The van der Waals surface area contributed by atoms with Crippen molar-refractivity contribution in [1.29, 1.82) is 0 Å². The molecule has 3 nitrogen and oxygen atoms in total. The number of hydrogen-bond donors (Lipinski definition) is 1. The van der Waals surface area contributed by atoms with Crippen LogP contribution in [0.5, 0.6) is 0 Å².